The molecule has 0 radical (unpaired) electrons. The molecule has 0 saturated heterocycles. The smallest absolute Gasteiger partial charge is 0.329 e. The van der Waals surface area contributed by atoms with Gasteiger partial charge in [-0.1, -0.05) is 26.0 Å². The van der Waals surface area contributed by atoms with E-state index in [1.165, 1.54) is 11.8 Å². The third-order valence-corrected chi connectivity index (χ3v) is 4.85. The van der Waals surface area contributed by atoms with Crippen molar-refractivity contribution >= 4 is 29.6 Å². The van der Waals surface area contributed by atoms with E-state index in [0.717, 1.165) is 6.42 Å². The van der Waals surface area contributed by atoms with Crippen LogP contribution in [0.3, 0.4) is 0 Å². The Balaban J connectivity index is 1.94. The number of nitrogens with zero attached hydrogens (tertiary/aromatic N) is 1. The van der Waals surface area contributed by atoms with Crippen LogP contribution in [0, 0.1) is 0 Å². The second kappa shape index (κ2) is 13.6. The van der Waals surface area contributed by atoms with E-state index in [1.54, 1.807) is 25.1 Å². The molecule has 0 fully saturated rings. The molecule has 0 aliphatic heterocycles. The summed E-state index contributed by atoms with van der Waals surface area (Å²) in [6.07, 6.45) is 3.02. The summed E-state index contributed by atoms with van der Waals surface area (Å²) in [4.78, 5) is 35.8. The Hall–Kier alpha value is -3.88. The fourth-order valence-corrected chi connectivity index (χ4v) is 2.76. The van der Waals surface area contributed by atoms with E-state index in [-0.39, 0.29) is 18.6 Å². The van der Waals surface area contributed by atoms with Crippen LogP contribution in [0.2, 0.25) is 0 Å². The third kappa shape index (κ3) is 8.57. The van der Waals surface area contributed by atoms with E-state index in [2.05, 4.69) is 28.1 Å². The summed E-state index contributed by atoms with van der Waals surface area (Å²) in [6.45, 7) is 7.80. The molecule has 9 nitrogen and oxygen atoms in total. The molecular weight excluding hydrogens is 436 g/mol. The van der Waals surface area contributed by atoms with Crippen molar-refractivity contribution in [3.05, 3.63) is 53.6 Å². The number of carbonyl (C=O) groups is 3. The van der Waals surface area contributed by atoms with Crippen LogP contribution in [0.15, 0.2) is 47.6 Å². The number of ether oxygens (including phenoxy) is 2. The van der Waals surface area contributed by atoms with E-state index in [0.29, 0.717) is 35.8 Å². The highest BCUT2D eigenvalue weighted by Gasteiger charge is 2.14. The van der Waals surface area contributed by atoms with Crippen LogP contribution in [0.4, 0.5) is 5.69 Å². The fraction of sp³-hybridized carbons (Fsp3) is 0.360. The predicted octanol–water partition coefficient (Wildman–Crippen LogP) is 3.03. The second-order valence-corrected chi connectivity index (χ2v) is 7.51. The monoisotopic (exact) mass is 468 g/mol. The van der Waals surface area contributed by atoms with Gasteiger partial charge >= 0.3 is 11.8 Å². The van der Waals surface area contributed by atoms with Crippen LogP contribution in [-0.2, 0) is 20.8 Å². The first-order valence-corrected chi connectivity index (χ1v) is 11.3. The van der Waals surface area contributed by atoms with Crippen molar-refractivity contribution in [3.8, 4) is 11.5 Å². The SMILES string of the molecule is CCOc1cc(/C=N\NC(=O)C(=O)N[C@H](C)CC)ccc1OCC(=O)Nc1ccc(CC)cc1. The third-order valence-electron chi connectivity index (χ3n) is 4.85. The van der Waals surface area contributed by atoms with E-state index in [4.69, 9.17) is 9.47 Å². The first-order valence-electron chi connectivity index (χ1n) is 11.3. The average molecular weight is 469 g/mol. The number of carbonyl (C=O) groups excluding carboxylic acids is 3. The summed E-state index contributed by atoms with van der Waals surface area (Å²) >= 11 is 0. The van der Waals surface area contributed by atoms with Crippen LogP contribution >= 0.6 is 0 Å². The number of anilines is 1. The van der Waals surface area contributed by atoms with E-state index >= 15 is 0 Å². The number of hydrogen-bond acceptors (Lipinski definition) is 6. The number of aryl methyl sites for hydroxylation is 1. The minimum Gasteiger partial charge on any atom is -0.490 e. The Labute approximate surface area is 199 Å². The molecule has 0 bridgehead atoms. The maximum absolute atomic E-state index is 12.3. The van der Waals surface area contributed by atoms with E-state index in [9.17, 15) is 14.4 Å². The summed E-state index contributed by atoms with van der Waals surface area (Å²) in [5.41, 5.74) is 4.69. The largest absolute Gasteiger partial charge is 0.490 e. The normalized spacial score (nSPS) is 11.5. The second-order valence-electron chi connectivity index (χ2n) is 7.51. The molecule has 1 atom stereocenters. The molecule has 0 aliphatic carbocycles. The van der Waals surface area contributed by atoms with Gasteiger partial charge in [0.2, 0.25) is 0 Å². The van der Waals surface area contributed by atoms with Gasteiger partial charge in [-0.25, -0.2) is 5.43 Å². The molecule has 0 spiro atoms. The van der Waals surface area contributed by atoms with Gasteiger partial charge in [-0.2, -0.15) is 5.10 Å². The summed E-state index contributed by atoms with van der Waals surface area (Å²) in [5, 5.41) is 9.17. The summed E-state index contributed by atoms with van der Waals surface area (Å²) in [5.74, 6) is -1.07. The van der Waals surface area contributed by atoms with Crippen molar-refractivity contribution in [3.63, 3.8) is 0 Å². The van der Waals surface area contributed by atoms with Gasteiger partial charge in [0.15, 0.2) is 18.1 Å². The quantitative estimate of drug-likeness (QED) is 0.266. The molecule has 0 unspecified atom stereocenters. The van der Waals surface area contributed by atoms with Crippen LogP contribution in [-0.4, -0.2) is 43.2 Å². The Bertz CT molecular complexity index is 1000. The number of hydrogen-bond donors (Lipinski definition) is 3. The summed E-state index contributed by atoms with van der Waals surface area (Å²) in [6, 6.07) is 12.5. The maximum Gasteiger partial charge on any atom is 0.329 e. The van der Waals surface area contributed by atoms with Crippen LogP contribution in [0.1, 0.15) is 45.2 Å². The van der Waals surface area contributed by atoms with Crippen molar-refractivity contribution in [2.45, 2.75) is 46.6 Å². The highest BCUT2D eigenvalue weighted by molar-refractivity contribution is 6.35. The first-order chi connectivity index (χ1) is 16.4. The first kappa shape index (κ1) is 26.4. The lowest BCUT2D eigenvalue weighted by Crippen LogP contribution is -2.41. The molecule has 2 aromatic carbocycles. The molecule has 2 rings (SSSR count). The lowest BCUT2D eigenvalue weighted by Gasteiger charge is -2.13. The van der Waals surface area contributed by atoms with Crippen LogP contribution in [0.5, 0.6) is 11.5 Å². The molecule has 0 saturated carbocycles. The predicted molar refractivity (Wildman–Crippen MR) is 131 cm³/mol. The van der Waals surface area contributed by atoms with Gasteiger partial charge in [-0.05, 0) is 68.1 Å². The zero-order chi connectivity index (χ0) is 24.9. The zero-order valence-corrected chi connectivity index (χ0v) is 20.0. The fourth-order valence-electron chi connectivity index (χ4n) is 2.76. The highest BCUT2D eigenvalue weighted by Crippen LogP contribution is 2.28. The zero-order valence-electron chi connectivity index (χ0n) is 20.0. The van der Waals surface area contributed by atoms with Gasteiger partial charge in [0.05, 0.1) is 12.8 Å². The molecule has 2 aromatic rings. The van der Waals surface area contributed by atoms with E-state index < -0.39 is 11.8 Å². The topological polar surface area (TPSA) is 118 Å². The molecule has 182 valence electrons. The number of hydrazone groups is 1. The van der Waals surface area contributed by atoms with Gasteiger partial charge in [-0.15, -0.1) is 0 Å². The van der Waals surface area contributed by atoms with Crippen molar-refractivity contribution in [2.24, 2.45) is 5.10 Å². The highest BCUT2D eigenvalue weighted by atomic mass is 16.5. The molecule has 3 amide bonds. The van der Waals surface area contributed by atoms with Gasteiger partial charge in [-0.3, -0.25) is 14.4 Å². The number of amides is 3. The number of benzene rings is 2. The number of rotatable bonds is 11. The standard InChI is InChI=1S/C25H32N4O5/c1-5-17(4)27-24(31)25(32)29-26-15-19-10-13-21(22(14-19)33-7-3)34-16-23(30)28-20-11-8-18(6-2)9-12-20/h8-15,17H,5-7,16H2,1-4H3,(H,27,31)(H,28,30)(H,29,32)/b26-15-/t17-/m1/s1. The van der Waals surface area contributed by atoms with Crippen molar-refractivity contribution < 1.29 is 23.9 Å². The lowest BCUT2D eigenvalue weighted by atomic mass is 10.1. The summed E-state index contributed by atoms with van der Waals surface area (Å²) < 4.78 is 11.2. The van der Waals surface area contributed by atoms with Gasteiger partial charge < -0.3 is 20.1 Å². The molecule has 34 heavy (non-hydrogen) atoms. The molecule has 9 heteroatoms. The Kier molecular flexibility index (Phi) is 10.6. The van der Waals surface area contributed by atoms with Gasteiger partial charge in [0.25, 0.3) is 5.91 Å². The molecule has 3 N–H and O–H groups in total. The maximum atomic E-state index is 12.3. The lowest BCUT2D eigenvalue weighted by molar-refractivity contribution is -0.139. The average Bonchev–Trinajstić information content (AvgIpc) is 2.84. The molecule has 0 aromatic heterocycles. The minimum atomic E-state index is -0.850. The van der Waals surface area contributed by atoms with Crippen LogP contribution in [0.25, 0.3) is 0 Å². The van der Waals surface area contributed by atoms with Crippen LogP contribution < -0.4 is 25.5 Å². The number of nitrogens with one attached hydrogen (secondary N) is 3. The molecule has 0 heterocycles. The molecule has 0 aliphatic rings. The summed E-state index contributed by atoms with van der Waals surface area (Å²) in [7, 11) is 0. The Morgan fingerprint density at radius 3 is 2.35 bits per heavy atom. The van der Waals surface area contributed by atoms with Crippen molar-refractivity contribution in [1.29, 1.82) is 0 Å². The minimum absolute atomic E-state index is 0.104. The Morgan fingerprint density at radius 1 is 0.971 bits per heavy atom. The van der Waals surface area contributed by atoms with Crippen molar-refractivity contribution in [1.82, 2.24) is 10.7 Å². The molecular formula is C25H32N4O5. The van der Waals surface area contributed by atoms with Gasteiger partial charge in [0, 0.05) is 11.7 Å². The Morgan fingerprint density at radius 2 is 1.71 bits per heavy atom. The van der Waals surface area contributed by atoms with Gasteiger partial charge in [0.1, 0.15) is 0 Å². The van der Waals surface area contributed by atoms with Crippen molar-refractivity contribution in [2.75, 3.05) is 18.5 Å². The van der Waals surface area contributed by atoms with E-state index in [1.807, 2.05) is 38.1 Å².